The SMILES string of the molecule is CCC(C)NC(=O)CN1C(=O)COc2ccc(C=O)cc21. The predicted molar refractivity (Wildman–Crippen MR) is 77.6 cm³/mol. The molecule has 6 heteroatoms. The lowest BCUT2D eigenvalue weighted by Gasteiger charge is -2.29. The lowest BCUT2D eigenvalue weighted by atomic mass is 10.1. The summed E-state index contributed by atoms with van der Waals surface area (Å²) in [6.45, 7) is 3.68. The maximum absolute atomic E-state index is 12.0. The second-order valence-corrected chi connectivity index (χ2v) is 4.99. The van der Waals surface area contributed by atoms with Gasteiger partial charge in [0, 0.05) is 11.6 Å². The summed E-state index contributed by atoms with van der Waals surface area (Å²) in [5, 5.41) is 2.81. The van der Waals surface area contributed by atoms with Crippen molar-refractivity contribution in [2.45, 2.75) is 26.3 Å². The van der Waals surface area contributed by atoms with Gasteiger partial charge in [0.2, 0.25) is 5.91 Å². The number of amides is 2. The van der Waals surface area contributed by atoms with Crippen molar-refractivity contribution in [3.05, 3.63) is 23.8 Å². The lowest BCUT2D eigenvalue weighted by molar-refractivity contribution is -0.125. The Morgan fingerprint density at radius 1 is 1.52 bits per heavy atom. The molecule has 1 aromatic carbocycles. The highest BCUT2D eigenvalue weighted by Gasteiger charge is 2.27. The topological polar surface area (TPSA) is 75.7 Å². The predicted octanol–water partition coefficient (Wildman–Crippen LogP) is 1.14. The molecule has 0 aromatic heterocycles. The number of carbonyl (C=O) groups excluding carboxylic acids is 3. The molecule has 21 heavy (non-hydrogen) atoms. The monoisotopic (exact) mass is 290 g/mol. The molecule has 6 nitrogen and oxygen atoms in total. The van der Waals surface area contributed by atoms with E-state index in [0.717, 1.165) is 6.42 Å². The molecule has 0 spiro atoms. The molecule has 1 aromatic rings. The molecule has 1 unspecified atom stereocenters. The third kappa shape index (κ3) is 3.39. The molecule has 0 saturated heterocycles. The first kappa shape index (κ1) is 15.0. The number of hydrogen-bond donors (Lipinski definition) is 1. The van der Waals surface area contributed by atoms with Crippen LogP contribution < -0.4 is 15.0 Å². The van der Waals surface area contributed by atoms with Crippen molar-refractivity contribution < 1.29 is 19.1 Å². The number of nitrogens with one attached hydrogen (secondary N) is 1. The second-order valence-electron chi connectivity index (χ2n) is 4.99. The second kappa shape index (κ2) is 6.39. The van der Waals surface area contributed by atoms with Crippen molar-refractivity contribution in [3.63, 3.8) is 0 Å². The lowest BCUT2D eigenvalue weighted by Crippen LogP contribution is -2.46. The van der Waals surface area contributed by atoms with Gasteiger partial charge in [-0.15, -0.1) is 0 Å². The van der Waals surface area contributed by atoms with E-state index in [1.807, 2.05) is 13.8 Å². The van der Waals surface area contributed by atoms with Crippen molar-refractivity contribution >= 4 is 23.8 Å². The van der Waals surface area contributed by atoms with Crippen molar-refractivity contribution in [1.29, 1.82) is 0 Å². The summed E-state index contributed by atoms with van der Waals surface area (Å²) in [5.74, 6) is -0.0385. The summed E-state index contributed by atoms with van der Waals surface area (Å²) >= 11 is 0. The number of fused-ring (bicyclic) bond motifs is 1. The van der Waals surface area contributed by atoms with E-state index in [9.17, 15) is 14.4 Å². The summed E-state index contributed by atoms with van der Waals surface area (Å²) in [5.41, 5.74) is 0.884. The largest absolute Gasteiger partial charge is 0.482 e. The van der Waals surface area contributed by atoms with Crippen LogP contribution >= 0.6 is 0 Å². The van der Waals surface area contributed by atoms with Crippen LogP contribution in [-0.4, -0.2) is 37.3 Å². The van der Waals surface area contributed by atoms with Crippen LogP contribution in [0, 0.1) is 0 Å². The Bertz CT molecular complexity index is 571. The minimum absolute atomic E-state index is 0.0504. The van der Waals surface area contributed by atoms with Crippen LogP contribution in [0.1, 0.15) is 30.6 Å². The molecule has 1 N–H and O–H groups in total. The molecule has 2 amide bonds. The fourth-order valence-corrected chi connectivity index (χ4v) is 2.03. The Labute approximate surface area is 123 Å². The minimum Gasteiger partial charge on any atom is -0.482 e. The molecule has 112 valence electrons. The van der Waals surface area contributed by atoms with Crippen LogP contribution in [0.5, 0.6) is 5.75 Å². The van der Waals surface area contributed by atoms with Gasteiger partial charge in [-0.05, 0) is 31.5 Å². The molecule has 0 fully saturated rings. The average Bonchev–Trinajstić information content (AvgIpc) is 2.49. The Kier molecular flexibility index (Phi) is 4.57. The summed E-state index contributed by atoms with van der Waals surface area (Å²) in [4.78, 5) is 36.2. The first-order valence-electron chi connectivity index (χ1n) is 6.87. The van der Waals surface area contributed by atoms with Crippen LogP contribution in [0.4, 0.5) is 5.69 Å². The Morgan fingerprint density at radius 2 is 2.29 bits per heavy atom. The van der Waals surface area contributed by atoms with Gasteiger partial charge < -0.3 is 10.1 Å². The molecule has 1 aliphatic rings. The third-order valence-electron chi connectivity index (χ3n) is 3.38. The number of carbonyl (C=O) groups is 3. The quantitative estimate of drug-likeness (QED) is 0.825. The van der Waals surface area contributed by atoms with E-state index in [4.69, 9.17) is 4.74 Å². The fourth-order valence-electron chi connectivity index (χ4n) is 2.03. The number of anilines is 1. The van der Waals surface area contributed by atoms with Crippen LogP contribution in [0.25, 0.3) is 0 Å². The maximum Gasteiger partial charge on any atom is 0.265 e. The van der Waals surface area contributed by atoms with Gasteiger partial charge in [0.25, 0.3) is 5.91 Å². The molecule has 0 bridgehead atoms. The molecule has 1 aliphatic heterocycles. The number of aldehydes is 1. The standard InChI is InChI=1S/C15H18N2O4/c1-3-10(2)16-14(19)7-17-12-6-11(8-18)4-5-13(12)21-9-15(17)20/h4-6,8,10H,3,7,9H2,1-2H3,(H,16,19). The van der Waals surface area contributed by atoms with E-state index in [-0.39, 0.29) is 31.0 Å². The molecular weight excluding hydrogens is 272 g/mol. The minimum atomic E-state index is -0.301. The molecule has 0 saturated carbocycles. The van der Waals surface area contributed by atoms with Crippen LogP contribution in [0.3, 0.4) is 0 Å². The molecule has 1 atom stereocenters. The molecular formula is C15H18N2O4. The average molecular weight is 290 g/mol. The van der Waals surface area contributed by atoms with E-state index in [0.29, 0.717) is 23.3 Å². The number of hydrogen-bond acceptors (Lipinski definition) is 4. The first-order valence-corrected chi connectivity index (χ1v) is 6.87. The molecule has 1 heterocycles. The number of nitrogens with zero attached hydrogens (tertiary/aromatic N) is 1. The van der Waals surface area contributed by atoms with Crippen LogP contribution in [-0.2, 0) is 9.59 Å². The van der Waals surface area contributed by atoms with E-state index in [2.05, 4.69) is 5.32 Å². The third-order valence-corrected chi connectivity index (χ3v) is 3.38. The van der Waals surface area contributed by atoms with E-state index in [1.165, 1.54) is 4.90 Å². The number of ether oxygens (including phenoxy) is 1. The highest BCUT2D eigenvalue weighted by atomic mass is 16.5. The van der Waals surface area contributed by atoms with E-state index >= 15 is 0 Å². The molecule has 0 aliphatic carbocycles. The van der Waals surface area contributed by atoms with Crippen molar-refractivity contribution in [1.82, 2.24) is 5.32 Å². The van der Waals surface area contributed by atoms with Gasteiger partial charge in [-0.25, -0.2) is 0 Å². The first-order chi connectivity index (χ1) is 10.0. The van der Waals surface area contributed by atoms with Gasteiger partial charge in [0.05, 0.1) is 5.69 Å². The Hall–Kier alpha value is -2.37. The van der Waals surface area contributed by atoms with Gasteiger partial charge in [-0.1, -0.05) is 6.92 Å². The fraction of sp³-hybridized carbons (Fsp3) is 0.400. The van der Waals surface area contributed by atoms with Crippen LogP contribution in [0.2, 0.25) is 0 Å². The van der Waals surface area contributed by atoms with Gasteiger partial charge in [-0.2, -0.15) is 0 Å². The Morgan fingerprint density at radius 3 is 2.95 bits per heavy atom. The molecule has 0 radical (unpaired) electrons. The highest BCUT2D eigenvalue weighted by Crippen LogP contribution is 2.32. The summed E-state index contributed by atoms with van der Waals surface area (Å²) < 4.78 is 5.31. The number of rotatable bonds is 5. The zero-order valence-electron chi connectivity index (χ0n) is 12.1. The van der Waals surface area contributed by atoms with Crippen molar-refractivity contribution in [2.75, 3.05) is 18.1 Å². The molecule has 2 rings (SSSR count). The van der Waals surface area contributed by atoms with Gasteiger partial charge in [0.1, 0.15) is 18.6 Å². The van der Waals surface area contributed by atoms with E-state index < -0.39 is 0 Å². The van der Waals surface area contributed by atoms with Gasteiger partial charge in [-0.3, -0.25) is 19.3 Å². The highest BCUT2D eigenvalue weighted by molar-refractivity contribution is 6.02. The zero-order valence-corrected chi connectivity index (χ0v) is 12.1. The maximum atomic E-state index is 12.0. The summed E-state index contributed by atoms with van der Waals surface area (Å²) in [7, 11) is 0. The van der Waals surface area contributed by atoms with Gasteiger partial charge in [0.15, 0.2) is 6.61 Å². The zero-order chi connectivity index (χ0) is 15.4. The smallest absolute Gasteiger partial charge is 0.265 e. The summed E-state index contributed by atoms with van der Waals surface area (Å²) in [6, 6.07) is 4.84. The van der Waals surface area contributed by atoms with E-state index in [1.54, 1.807) is 18.2 Å². The normalized spacial score (nSPS) is 15.0. The van der Waals surface area contributed by atoms with Crippen LogP contribution in [0.15, 0.2) is 18.2 Å². The van der Waals surface area contributed by atoms with Crippen molar-refractivity contribution in [2.24, 2.45) is 0 Å². The number of benzene rings is 1. The van der Waals surface area contributed by atoms with Gasteiger partial charge >= 0.3 is 0 Å². The Balaban J connectivity index is 2.21. The van der Waals surface area contributed by atoms with Crippen molar-refractivity contribution in [3.8, 4) is 5.75 Å². The summed E-state index contributed by atoms with van der Waals surface area (Å²) in [6.07, 6.45) is 1.51.